The van der Waals surface area contributed by atoms with Crippen LogP contribution >= 0.6 is 0 Å². The van der Waals surface area contributed by atoms with E-state index in [0.29, 0.717) is 19.6 Å². The van der Waals surface area contributed by atoms with Crippen LogP contribution in [0.15, 0.2) is 17.3 Å². The normalized spacial score (nSPS) is 17.2. The summed E-state index contributed by atoms with van der Waals surface area (Å²) in [6.07, 6.45) is 3.62. The first-order valence-corrected chi connectivity index (χ1v) is 8.62. The zero-order valence-electron chi connectivity index (χ0n) is 12.1. The lowest BCUT2D eigenvalue weighted by molar-refractivity contribution is 0.0376. The van der Waals surface area contributed by atoms with Crippen LogP contribution in [-0.2, 0) is 21.3 Å². The summed E-state index contributed by atoms with van der Waals surface area (Å²) in [5, 5.41) is 3.97. The molecule has 2 rings (SSSR count). The number of aromatic nitrogens is 2. The second-order valence-electron chi connectivity index (χ2n) is 4.93. The van der Waals surface area contributed by atoms with E-state index in [4.69, 9.17) is 10.5 Å². The van der Waals surface area contributed by atoms with Crippen molar-refractivity contribution in [2.45, 2.75) is 17.9 Å². The maximum Gasteiger partial charge on any atom is 0.243 e. The van der Waals surface area contributed by atoms with Gasteiger partial charge in [-0.2, -0.15) is 5.10 Å². The molecule has 120 valence electrons. The van der Waals surface area contributed by atoms with E-state index >= 15 is 0 Å². The molecule has 0 amide bonds. The van der Waals surface area contributed by atoms with Crippen molar-refractivity contribution in [1.82, 2.24) is 19.4 Å². The predicted molar refractivity (Wildman–Crippen MR) is 78.3 cm³/mol. The van der Waals surface area contributed by atoms with Gasteiger partial charge in [-0.25, -0.2) is 13.1 Å². The Morgan fingerprint density at radius 3 is 2.81 bits per heavy atom. The van der Waals surface area contributed by atoms with Crippen molar-refractivity contribution in [3.05, 3.63) is 12.4 Å². The van der Waals surface area contributed by atoms with E-state index in [1.807, 2.05) is 0 Å². The molecule has 0 atom stereocenters. The molecule has 0 unspecified atom stereocenters. The number of morpholine rings is 1. The van der Waals surface area contributed by atoms with Crippen molar-refractivity contribution in [1.29, 1.82) is 0 Å². The van der Waals surface area contributed by atoms with Gasteiger partial charge in [0.15, 0.2) is 0 Å². The highest BCUT2D eigenvalue weighted by Gasteiger charge is 2.16. The molecular weight excluding hydrogens is 294 g/mol. The first-order valence-electron chi connectivity index (χ1n) is 7.14. The molecule has 1 saturated heterocycles. The number of hydrogen-bond acceptors (Lipinski definition) is 6. The summed E-state index contributed by atoms with van der Waals surface area (Å²) in [6.45, 7) is 5.57. The number of nitrogens with zero attached hydrogens (tertiary/aromatic N) is 3. The third-order valence-corrected chi connectivity index (χ3v) is 4.74. The molecule has 0 aromatic carbocycles. The molecule has 0 saturated carbocycles. The fraction of sp³-hybridized carbons (Fsp3) is 0.750. The Morgan fingerprint density at radius 2 is 2.10 bits per heavy atom. The van der Waals surface area contributed by atoms with Crippen LogP contribution in [0.25, 0.3) is 0 Å². The van der Waals surface area contributed by atoms with Gasteiger partial charge in [0.25, 0.3) is 0 Å². The maximum absolute atomic E-state index is 12.1. The molecule has 1 aromatic heterocycles. The lowest BCUT2D eigenvalue weighted by Crippen LogP contribution is -2.38. The summed E-state index contributed by atoms with van der Waals surface area (Å²) in [7, 11) is -3.48. The van der Waals surface area contributed by atoms with Gasteiger partial charge in [0, 0.05) is 32.4 Å². The largest absolute Gasteiger partial charge is 0.379 e. The Balaban J connectivity index is 1.75. The van der Waals surface area contributed by atoms with E-state index in [-0.39, 0.29) is 4.90 Å². The molecule has 21 heavy (non-hydrogen) atoms. The molecule has 0 aliphatic carbocycles. The molecule has 9 heteroatoms. The summed E-state index contributed by atoms with van der Waals surface area (Å²) in [5.74, 6) is 0. The van der Waals surface area contributed by atoms with Crippen molar-refractivity contribution >= 4 is 10.0 Å². The molecule has 1 aromatic rings. The standard InChI is InChI=1S/C12H23N5O3S/c13-2-5-17-11-12(10-14-17)21(18,19)15-3-1-4-16-6-8-20-9-7-16/h10-11,15H,1-9,13H2. The number of hydrogen-bond donors (Lipinski definition) is 2. The van der Waals surface area contributed by atoms with Gasteiger partial charge in [0.2, 0.25) is 10.0 Å². The van der Waals surface area contributed by atoms with Gasteiger partial charge in [-0.1, -0.05) is 0 Å². The van der Waals surface area contributed by atoms with Gasteiger partial charge in [0.05, 0.1) is 26.0 Å². The Hall–Kier alpha value is -1.00. The van der Waals surface area contributed by atoms with Crippen LogP contribution in [0.5, 0.6) is 0 Å². The van der Waals surface area contributed by atoms with Gasteiger partial charge in [-0.05, 0) is 13.0 Å². The molecule has 0 bridgehead atoms. The Labute approximate surface area is 125 Å². The Kier molecular flexibility index (Phi) is 6.12. The molecule has 1 aliphatic heterocycles. The van der Waals surface area contributed by atoms with Gasteiger partial charge in [-0.15, -0.1) is 0 Å². The fourth-order valence-electron chi connectivity index (χ4n) is 2.16. The Bertz CT molecular complexity index is 525. The van der Waals surface area contributed by atoms with Crippen molar-refractivity contribution in [2.24, 2.45) is 5.73 Å². The number of nitrogens with two attached hydrogens (primary N) is 1. The molecule has 2 heterocycles. The monoisotopic (exact) mass is 317 g/mol. The van der Waals surface area contributed by atoms with E-state index in [1.165, 1.54) is 17.1 Å². The third kappa shape index (κ3) is 5.04. The van der Waals surface area contributed by atoms with Crippen LogP contribution in [0, 0.1) is 0 Å². The number of nitrogens with one attached hydrogen (secondary N) is 1. The smallest absolute Gasteiger partial charge is 0.243 e. The second kappa shape index (κ2) is 7.85. The minimum atomic E-state index is -3.48. The first kappa shape index (κ1) is 16.4. The number of rotatable bonds is 8. The molecule has 1 aliphatic rings. The van der Waals surface area contributed by atoms with Crippen molar-refractivity contribution in [3.8, 4) is 0 Å². The average molecular weight is 317 g/mol. The predicted octanol–water partition coefficient (Wildman–Crippen LogP) is -1.16. The van der Waals surface area contributed by atoms with Gasteiger partial charge in [-0.3, -0.25) is 9.58 Å². The Morgan fingerprint density at radius 1 is 1.33 bits per heavy atom. The van der Waals surface area contributed by atoms with Crippen LogP contribution < -0.4 is 10.5 Å². The average Bonchev–Trinajstić information content (AvgIpc) is 2.95. The minimum Gasteiger partial charge on any atom is -0.379 e. The highest BCUT2D eigenvalue weighted by molar-refractivity contribution is 7.89. The van der Waals surface area contributed by atoms with Crippen LogP contribution in [0.1, 0.15) is 6.42 Å². The lowest BCUT2D eigenvalue weighted by Gasteiger charge is -2.26. The van der Waals surface area contributed by atoms with Crippen LogP contribution in [-0.4, -0.2) is 69.0 Å². The summed E-state index contributed by atoms with van der Waals surface area (Å²) in [4.78, 5) is 2.46. The van der Waals surface area contributed by atoms with Crippen molar-refractivity contribution < 1.29 is 13.2 Å². The topological polar surface area (TPSA) is 102 Å². The highest BCUT2D eigenvalue weighted by Crippen LogP contribution is 2.06. The molecule has 0 spiro atoms. The zero-order valence-corrected chi connectivity index (χ0v) is 12.9. The highest BCUT2D eigenvalue weighted by atomic mass is 32.2. The summed E-state index contributed by atoms with van der Waals surface area (Å²) in [5.41, 5.74) is 5.41. The van der Waals surface area contributed by atoms with Gasteiger partial charge in [0.1, 0.15) is 4.90 Å². The zero-order chi connectivity index (χ0) is 15.1. The molecular formula is C12H23N5O3S. The maximum atomic E-state index is 12.1. The SMILES string of the molecule is NCCn1cc(S(=O)(=O)NCCCN2CCOCC2)cn1. The van der Waals surface area contributed by atoms with E-state index in [0.717, 1.165) is 39.3 Å². The van der Waals surface area contributed by atoms with Gasteiger partial charge < -0.3 is 10.5 Å². The summed E-state index contributed by atoms with van der Waals surface area (Å²) in [6, 6.07) is 0. The number of ether oxygens (including phenoxy) is 1. The van der Waals surface area contributed by atoms with Crippen LogP contribution in [0.2, 0.25) is 0 Å². The van der Waals surface area contributed by atoms with Crippen molar-refractivity contribution in [2.75, 3.05) is 45.9 Å². The first-order chi connectivity index (χ1) is 10.1. The fourth-order valence-corrected chi connectivity index (χ4v) is 3.18. The number of sulfonamides is 1. The molecule has 8 nitrogen and oxygen atoms in total. The molecule has 3 N–H and O–H groups in total. The summed E-state index contributed by atoms with van der Waals surface area (Å²) < 4.78 is 33.5. The summed E-state index contributed by atoms with van der Waals surface area (Å²) >= 11 is 0. The second-order valence-corrected chi connectivity index (χ2v) is 6.70. The van der Waals surface area contributed by atoms with Crippen molar-refractivity contribution in [3.63, 3.8) is 0 Å². The minimum absolute atomic E-state index is 0.183. The van der Waals surface area contributed by atoms with E-state index in [9.17, 15) is 8.42 Å². The molecule has 1 fully saturated rings. The third-order valence-electron chi connectivity index (χ3n) is 3.32. The van der Waals surface area contributed by atoms with E-state index < -0.39 is 10.0 Å². The van der Waals surface area contributed by atoms with E-state index in [2.05, 4.69) is 14.7 Å². The lowest BCUT2D eigenvalue weighted by atomic mass is 10.3. The van der Waals surface area contributed by atoms with Crippen LogP contribution in [0.4, 0.5) is 0 Å². The van der Waals surface area contributed by atoms with E-state index in [1.54, 1.807) is 0 Å². The quantitative estimate of drug-likeness (QED) is 0.587. The van der Waals surface area contributed by atoms with Crippen LogP contribution in [0.3, 0.4) is 0 Å². The molecule has 0 radical (unpaired) electrons. The van der Waals surface area contributed by atoms with Gasteiger partial charge >= 0.3 is 0 Å².